The Balaban J connectivity index is 2.54. The van der Waals surface area contributed by atoms with Crippen LogP contribution >= 0.6 is 12.6 Å². The molecule has 2 rings (SSSR count). The van der Waals surface area contributed by atoms with E-state index in [-0.39, 0.29) is 11.8 Å². The highest BCUT2D eigenvalue weighted by atomic mass is 32.1. The van der Waals surface area contributed by atoms with Crippen LogP contribution in [0.25, 0.3) is 11.1 Å². The van der Waals surface area contributed by atoms with Crippen LogP contribution in [0, 0.1) is 0 Å². The average molecular weight is 252 g/mol. The van der Waals surface area contributed by atoms with Crippen LogP contribution in [0.15, 0.2) is 27.4 Å². The highest BCUT2D eigenvalue weighted by molar-refractivity contribution is 7.80. The predicted molar refractivity (Wildman–Crippen MR) is 71.7 cm³/mol. The van der Waals surface area contributed by atoms with Gasteiger partial charge in [-0.3, -0.25) is 4.57 Å². The summed E-state index contributed by atoms with van der Waals surface area (Å²) in [6, 6.07) is 6.05. The van der Waals surface area contributed by atoms with Crippen molar-refractivity contribution in [3.63, 3.8) is 0 Å². The van der Waals surface area contributed by atoms with E-state index in [1.54, 1.807) is 7.05 Å². The summed E-state index contributed by atoms with van der Waals surface area (Å²) in [7, 11) is 5.72. The number of hydrogen-bond donors (Lipinski definition) is 1. The van der Waals surface area contributed by atoms with E-state index >= 15 is 0 Å². The van der Waals surface area contributed by atoms with E-state index in [4.69, 9.17) is 4.42 Å². The zero-order valence-electron chi connectivity index (χ0n) is 10.2. The summed E-state index contributed by atoms with van der Waals surface area (Å²) in [5.74, 6) is 0.389. The van der Waals surface area contributed by atoms with Crippen molar-refractivity contribution in [1.82, 2.24) is 9.47 Å². The zero-order chi connectivity index (χ0) is 12.6. The number of benzene rings is 1. The maximum atomic E-state index is 11.4. The molecule has 0 fully saturated rings. The van der Waals surface area contributed by atoms with E-state index in [0.717, 1.165) is 16.8 Å². The zero-order valence-corrected chi connectivity index (χ0v) is 11.1. The Morgan fingerprint density at radius 3 is 2.76 bits per heavy atom. The van der Waals surface area contributed by atoms with Crippen LogP contribution < -0.4 is 5.76 Å². The summed E-state index contributed by atoms with van der Waals surface area (Å²) >= 11 is 4.35. The number of fused-ring (bicyclic) bond motifs is 1. The monoisotopic (exact) mass is 252 g/mol. The molecular weight excluding hydrogens is 236 g/mol. The Hall–Kier alpha value is -1.20. The number of nitrogens with zero attached hydrogens (tertiary/aromatic N) is 2. The van der Waals surface area contributed by atoms with Gasteiger partial charge in [0.2, 0.25) is 0 Å². The van der Waals surface area contributed by atoms with Gasteiger partial charge in [-0.05, 0) is 31.8 Å². The SMILES string of the molecule is CN(C)C(CS)c1ccc2c(c1)oc(=O)n2C. The first-order chi connectivity index (χ1) is 8.04. The summed E-state index contributed by atoms with van der Waals surface area (Å²) in [6.07, 6.45) is 0. The quantitative estimate of drug-likeness (QED) is 0.844. The van der Waals surface area contributed by atoms with Gasteiger partial charge in [0.05, 0.1) is 5.52 Å². The minimum atomic E-state index is -0.329. The molecule has 1 aromatic heterocycles. The molecule has 2 aromatic rings. The van der Waals surface area contributed by atoms with Crippen molar-refractivity contribution in [3.05, 3.63) is 34.3 Å². The van der Waals surface area contributed by atoms with E-state index < -0.39 is 0 Å². The van der Waals surface area contributed by atoms with Crippen molar-refractivity contribution in [1.29, 1.82) is 0 Å². The van der Waals surface area contributed by atoms with E-state index in [0.29, 0.717) is 5.58 Å². The molecule has 1 atom stereocenters. The number of aromatic nitrogens is 1. The molecule has 0 N–H and O–H groups in total. The molecule has 0 bridgehead atoms. The van der Waals surface area contributed by atoms with E-state index in [2.05, 4.69) is 17.5 Å². The highest BCUT2D eigenvalue weighted by Gasteiger charge is 2.14. The van der Waals surface area contributed by atoms with Crippen molar-refractivity contribution in [3.8, 4) is 0 Å². The van der Waals surface area contributed by atoms with Crippen molar-refractivity contribution < 1.29 is 4.42 Å². The highest BCUT2D eigenvalue weighted by Crippen LogP contribution is 2.23. The van der Waals surface area contributed by atoms with Gasteiger partial charge in [0, 0.05) is 18.8 Å². The lowest BCUT2D eigenvalue weighted by molar-refractivity contribution is 0.326. The molecule has 17 heavy (non-hydrogen) atoms. The third-order valence-corrected chi connectivity index (χ3v) is 3.34. The fraction of sp³-hybridized carbons (Fsp3) is 0.417. The predicted octanol–water partition coefficient (Wildman–Crippen LogP) is 1.66. The topological polar surface area (TPSA) is 38.4 Å². The van der Waals surface area contributed by atoms with Crippen LogP contribution in [0.5, 0.6) is 0 Å². The lowest BCUT2D eigenvalue weighted by Crippen LogP contribution is -2.21. The Morgan fingerprint density at radius 1 is 1.47 bits per heavy atom. The summed E-state index contributed by atoms with van der Waals surface area (Å²) in [5.41, 5.74) is 2.55. The van der Waals surface area contributed by atoms with Crippen LogP contribution in [0.2, 0.25) is 0 Å². The van der Waals surface area contributed by atoms with Crippen LogP contribution in [0.3, 0.4) is 0 Å². The number of rotatable bonds is 3. The number of hydrogen-bond acceptors (Lipinski definition) is 4. The molecule has 0 radical (unpaired) electrons. The molecule has 0 aliphatic heterocycles. The third kappa shape index (κ3) is 2.12. The first kappa shape index (κ1) is 12.3. The molecule has 0 aliphatic carbocycles. The van der Waals surface area contributed by atoms with E-state index in [9.17, 15) is 4.79 Å². The molecule has 5 heteroatoms. The van der Waals surface area contributed by atoms with Crippen LogP contribution in [0.1, 0.15) is 11.6 Å². The van der Waals surface area contributed by atoms with Gasteiger partial charge in [0.1, 0.15) is 0 Å². The minimum absolute atomic E-state index is 0.216. The van der Waals surface area contributed by atoms with Gasteiger partial charge in [-0.15, -0.1) is 0 Å². The lowest BCUT2D eigenvalue weighted by atomic mass is 10.1. The largest absolute Gasteiger partial charge is 0.419 e. The van der Waals surface area contributed by atoms with Crippen molar-refractivity contribution in [2.45, 2.75) is 6.04 Å². The molecule has 1 heterocycles. The summed E-state index contributed by atoms with van der Waals surface area (Å²) in [4.78, 5) is 13.5. The minimum Gasteiger partial charge on any atom is -0.408 e. The van der Waals surface area contributed by atoms with Gasteiger partial charge in [-0.2, -0.15) is 12.6 Å². The standard InChI is InChI=1S/C12H16N2O2S/c1-13(2)10(7-17)8-4-5-9-11(6-8)16-12(15)14(9)3/h4-6,10,17H,7H2,1-3H3. The second-order valence-electron chi connectivity index (χ2n) is 4.32. The van der Waals surface area contributed by atoms with E-state index in [1.807, 2.05) is 32.3 Å². The van der Waals surface area contributed by atoms with Crippen molar-refractivity contribution in [2.75, 3.05) is 19.8 Å². The number of thiol groups is 1. The summed E-state index contributed by atoms with van der Waals surface area (Å²) < 4.78 is 6.68. The molecule has 4 nitrogen and oxygen atoms in total. The summed E-state index contributed by atoms with van der Waals surface area (Å²) in [6.45, 7) is 0. The lowest BCUT2D eigenvalue weighted by Gasteiger charge is -2.22. The van der Waals surface area contributed by atoms with Gasteiger partial charge >= 0.3 is 5.76 Å². The first-order valence-corrected chi connectivity index (χ1v) is 6.04. The second-order valence-corrected chi connectivity index (χ2v) is 4.68. The van der Waals surface area contributed by atoms with Crippen LogP contribution in [0.4, 0.5) is 0 Å². The molecule has 0 aliphatic rings. The fourth-order valence-electron chi connectivity index (χ4n) is 1.92. The molecule has 1 aromatic carbocycles. The molecule has 92 valence electrons. The second kappa shape index (κ2) is 4.58. The molecular formula is C12H16N2O2S. The van der Waals surface area contributed by atoms with Gasteiger partial charge in [-0.25, -0.2) is 4.79 Å². The Labute approximate surface area is 105 Å². The Kier molecular flexibility index (Phi) is 3.31. The average Bonchev–Trinajstić information content (AvgIpc) is 2.55. The van der Waals surface area contributed by atoms with E-state index in [1.165, 1.54) is 4.57 Å². The molecule has 0 amide bonds. The molecule has 1 unspecified atom stereocenters. The van der Waals surface area contributed by atoms with Crippen LogP contribution in [-0.2, 0) is 7.05 Å². The van der Waals surface area contributed by atoms with Crippen LogP contribution in [-0.4, -0.2) is 29.3 Å². The third-order valence-electron chi connectivity index (χ3n) is 3.00. The maximum Gasteiger partial charge on any atom is 0.419 e. The smallest absolute Gasteiger partial charge is 0.408 e. The van der Waals surface area contributed by atoms with Gasteiger partial charge in [-0.1, -0.05) is 6.07 Å². The number of aryl methyl sites for hydroxylation is 1. The number of oxazole rings is 1. The van der Waals surface area contributed by atoms with Gasteiger partial charge in [0.25, 0.3) is 0 Å². The normalized spacial score (nSPS) is 13.5. The Morgan fingerprint density at radius 2 is 2.18 bits per heavy atom. The molecule has 0 saturated carbocycles. The van der Waals surface area contributed by atoms with Gasteiger partial charge < -0.3 is 9.32 Å². The maximum absolute atomic E-state index is 11.4. The Bertz CT molecular complexity index is 586. The van der Waals surface area contributed by atoms with Crippen molar-refractivity contribution >= 4 is 23.7 Å². The first-order valence-electron chi connectivity index (χ1n) is 5.41. The fourth-order valence-corrected chi connectivity index (χ4v) is 2.46. The van der Waals surface area contributed by atoms with Gasteiger partial charge in [0.15, 0.2) is 5.58 Å². The molecule has 0 saturated heterocycles. The molecule has 0 spiro atoms. The van der Waals surface area contributed by atoms with Crippen molar-refractivity contribution in [2.24, 2.45) is 7.05 Å². The summed E-state index contributed by atoms with van der Waals surface area (Å²) in [5, 5.41) is 0.